The summed E-state index contributed by atoms with van der Waals surface area (Å²) in [5, 5.41) is 0.971. The lowest BCUT2D eigenvalue weighted by molar-refractivity contribution is -0.154. The SMILES string of the molecule is COC(=O)c1cccc([C@H]2c3[nH]c4ccccc4c3C[C@H](C(=O)OC)N2C(=O)CCl)c1. The van der Waals surface area contributed by atoms with Crippen LogP contribution >= 0.6 is 11.6 Å². The third-order valence-electron chi connectivity index (χ3n) is 5.63. The first-order valence-electron chi connectivity index (χ1n) is 9.72. The van der Waals surface area contributed by atoms with Gasteiger partial charge in [-0.15, -0.1) is 11.6 Å². The molecule has 0 saturated carbocycles. The molecule has 0 spiro atoms. The van der Waals surface area contributed by atoms with E-state index < -0.39 is 29.9 Å². The average molecular weight is 441 g/mol. The van der Waals surface area contributed by atoms with Gasteiger partial charge in [0.25, 0.3) is 0 Å². The molecule has 3 aromatic rings. The minimum absolute atomic E-state index is 0.293. The number of hydrogen-bond donors (Lipinski definition) is 1. The molecular weight excluding hydrogens is 420 g/mol. The fourth-order valence-corrected chi connectivity index (χ4v) is 4.42. The summed E-state index contributed by atoms with van der Waals surface area (Å²) in [6.07, 6.45) is 0.293. The highest BCUT2D eigenvalue weighted by molar-refractivity contribution is 6.27. The van der Waals surface area contributed by atoms with Crippen molar-refractivity contribution in [2.45, 2.75) is 18.5 Å². The van der Waals surface area contributed by atoms with Crippen LogP contribution in [-0.2, 0) is 25.5 Å². The molecule has 7 nitrogen and oxygen atoms in total. The predicted molar refractivity (Wildman–Crippen MR) is 115 cm³/mol. The third-order valence-corrected chi connectivity index (χ3v) is 5.86. The van der Waals surface area contributed by atoms with Crippen LogP contribution in [0.4, 0.5) is 0 Å². The fourth-order valence-electron chi connectivity index (χ4n) is 4.29. The van der Waals surface area contributed by atoms with Gasteiger partial charge in [-0.05, 0) is 29.3 Å². The number of aromatic amines is 1. The van der Waals surface area contributed by atoms with E-state index >= 15 is 0 Å². The van der Waals surface area contributed by atoms with Crippen molar-refractivity contribution in [1.82, 2.24) is 9.88 Å². The van der Waals surface area contributed by atoms with Crippen LogP contribution in [0.1, 0.15) is 33.2 Å². The predicted octanol–water partition coefficient (Wildman–Crippen LogP) is 3.21. The van der Waals surface area contributed by atoms with Crippen molar-refractivity contribution in [3.63, 3.8) is 0 Å². The van der Waals surface area contributed by atoms with Crippen molar-refractivity contribution in [2.24, 2.45) is 0 Å². The Bertz CT molecular complexity index is 1170. The minimum atomic E-state index is -0.852. The lowest BCUT2D eigenvalue weighted by Crippen LogP contribution is -2.52. The van der Waals surface area contributed by atoms with Crippen molar-refractivity contribution in [3.8, 4) is 0 Å². The Labute approximate surface area is 183 Å². The first-order valence-corrected chi connectivity index (χ1v) is 10.3. The molecule has 0 aliphatic carbocycles. The van der Waals surface area contributed by atoms with Crippen molar-refractivity contribution in [2.75, 3.05) is 20.1 Å². The number of hydrogen-bond acceptors (Lipinski definition) is 5. The summed E-state index contributed by atoms with van der Waals surface area (Å²) in [6.45, 7) is 0. The normalized spacial score (nSPS) is 17.8. The van der Waals surface area contributed by atoms with Gasteiger partial charge in [0.05, 0.1) is 25.8 Å². The molecule has 0 unspecified atom stereocenters. The van der Waals surface area contributed by atoms with Gasteiger partial charge in [0.1, 0.15) is 11.9 Å². The molecule has 2 heterocycles. The number of benzene rings is 2. The van der Waals surface area contributed by atoms with Crippen LogP contribution in [-0.4, -0.2) is 53.9 Å². The van der Waals surface area contributed by atoms with Crippen LogP contribution in [0, 0.1) is 0 Å². The average Bonchev–Trinajstić information content (AvgIpc) is 3.19. The van der Waals surface area contributed by atoms with Gasteiger partial charge in [-0.25, -0.2) is 9.59 Å². The van der Waals surface area contributed by atoms with Gasteiger partial charge in [-0.1, -0.05) is 30.3 Å². The molecule has 4 rings (SSSR count). The molecule has 1 amide bonds. The second-order valence-corrected chi connectivity index (χ2v) is 7.53. The number of aromatic nitrogens is 1. The monoisotopic (exact) mass is 440 g/mol. The molecule has 0 fully saturated rings. The summed E-state index contributed by atoms with van der Waals surface area (Å²) in [7, 11) is 2.60. The summed E-state index contributed by atoms with van der Waals surface area (Å²) >= 11 is 5.93. The number of ether oxygens (including phenoxy) is 2. The Morgan fingerprint density at radius 3 is 2.58 bits per heavy atom. The van der Waals surface area contributed by atoms with E-state index in [1.54, 1.807) is 24.3 Å². The topological polar surface area (TPSA) is 88.7 Å². The number of amides is 1. The zero-order valence-electron chi connectivity index (χ0n) is 17.1. The number of rotatable bonds is 4. The lowest BCUT2D eigenvalue weighted by atomic mass is 9.87. The molecule has 160 valence electrons. The summed E-state index contributed by atoms with van der Waals surface area (Å²) in [5.41, 5.74) is 3.60. The molecule has 1 aliphatic heterocycles. The molecule has 0 bridgehead atoms. The lowest BCUT2D eigenvalue weighted by Gasteiger charge is -2.40. The first-order chi connectivity index (χ1) is 15.0. The highest BCUT2D eigenvalue weighted by Crippen LogP contribution is 2.41. The maximum atomic E-state index is 13.0. The summed E-state index contributed by atoms with van der Waals surface area (Å²) < 4.78 is 9.87. The Hall–Kier alpha value is -3.32. The number of methoxy groups -OCH3 is 2. The van der Waals surface area contributed by atoms with E-state index in [-0.39, 0.29) is 5.88 Å². The molecule has 0 radical (unpaired) electrons. The van der Waals surface area contributed by atoms with E-state index in [1.807, 2.05) is 24.3 Å². The van der Waals surface area contributed by atoms with Crippen LogP contribution in [0.25, 0.3) is 10.9 Å². The van der Waals surface area contributed by atoms with Gasteiger partial charge >= 0.3 is 11.9 Å². The second-order valence-electron chi connectivity index (χ2n) is 7.26. The molecule has 1 aliphatic rings. The number of carbonyl (C=O) groups is 3. The quantitative estimate of drug-likeness (QED) is 0.497. The van der Waals surface area contributed by atoms with Crippen LogP contribution in [0.15, 0.2) is 48.5 Å². The van der Waals surface area contributed by atoms with Gasteiger partial charge in [-0.3, -0.25) is 4.79 Å². The van der Waals surface area contributed by atoms with Crippen LogP contribution in [0.2, 0.25) is 0 Å². The Kier molecular flexibility index (Phi) is 5.69. The maximum absolute atomic E-state index is 13.0. The van der Waals surface area contributed by atoms with Crippen molar-refractivity contribution in [3.05, 3.63) is 70.9 Å². The standard InChI is InChI=1S/C23H21ClN2O5/c1-30-22(28)14-7-5-6-13(10-14)21-20-16(15-8-3-4-9-17(15)25-20)11-18(23(29)31-2)26(21)19(27)12-24/h3-10,18,21,25H,11-12H2,1-2H3/t18-,21+/m1/s1. The Morgan fingerprint density at radius 2 is 1.87 bits per heavy atom. The molecule has 2 aromatic carbocycles. The summed E-state index contributed by atoms with van der Waals surface area (Å²) in [5.74, 6) is -1.72. The number of halogens is 1. The van der Waals surface area contributed by atoms with Gasteiger partial charge < -0.3 is 19.4 Å². The molecule has 1 N–H and O–H groups in total. The minimum Gasteiger partial charge on any atom is -0.467 e. The van der Waals surface area contributed by atoms with E-state index in [2.05, 4.69) is 4.98 Å². The first kappa shape index (κ1) is 20.9. The van der Waals surface area contributed by atoms with Crippen molar-refractivity contribution < 1.29 is 23.9 Å². The third kappa shape index (κ3) is 3.55. The van der Waals surface area contributed by atoms with Gasteiger partial charge in [0.15, 0.2) is 0 Å². The number of esters is 2. The fraction of sp³-hybridized carbons (Fsp3) is 0.261. The number of H-pyrrole nitrogens is 1. The number of alkyl halides is 1. The van der Waals surface area contributed by atoms with Crippen molar-refractivity contribution in [1.29, 1.82) is 0 Å². The van der Waals surface area contributed by atoms with E-state index in [0.29, 0.717) is 17.5 Å². The highest BCUT2D eigenvalue weighted by Gasteiger charge is 2.43. The largest absolute Gasteiger partial charge is 0.467 e. The number of carbonyl (C=O) groups excluding carboxylic acids is 3. The van der Waals surface area contributed by atoms with Gasteiger partial charge in [0, 0.05) is 23.0 Å². The summed E-state index contributed by atoms with van der Waals surface area (Å²) in [4.78, 5) is 42.7. The molecular formula is C23H21ClN2O5. The zero-order chi connectivity index (χ0) is 22.1. The van der Waals surface area contributed by atoms with Crippen LogP contribution in [0.3, 0.4) is 0 Å². The number of fused-ring (bicyclic) bond motifs is 3. The Balaban J connectivity index is 1.97. The number of para-hydroxylation sites is 1. The zero-order valence-corrected chi connectivity index (χ0v) is 17.8. The van der Waals surface area contributed by atoms with Gasteiger partial charge in [-0.2, -0.15) is 0 Å². The smallest absolute Gasteiger partial charge is 0.337 e. The molecule has 2 atom stereocenters. The number of nitrogens with one attached hydrogen (secondary N) is 1. The van der Waals surface area contributed by atoms with E-state index in [1.165, 1.54) is 19.1 Å². The Morgan fingerprint density at radius 1 is 1.10 bits per heavy atom. The van der Waals surface area contributed by atoms with E-state index in [0.717, 1.165) is 22.2 Å². The van der Waals surface area contributed by atoms with Crippen LogP contribution < -0.4 is 0 Å². The van der Waals surface area contributed by atoms with E-state index in [4.69, 9.17) is 21.1 Å². The molecule has 1 aromatic heterocycles. The maximum Gasteiger partial charge on any atom is 0.337 e. The second kappa shape index (κ2) is 8.43. The van der Waals surface area contributed by atoms with E-state index in [9.17, 15) is 14.4 Å². The molecule has 31 heavy (non-hydrogen) atoms. The number of nitrogens with zero attached hydrogens (tertiary/aromatic N) is 1. The molecule has 0 saturated heterocycles. The van der Waals surface area contributed by atoms with Crippen LogP contribution in [0.5, 0.6) is 0 Å². The summed E-state index contributed by atoms with van der Waals surface area (Å²) in [6, 6.07) is 13.1. The highest BCUT2D eigenvalue weighted by atomic mass is 35.5. The van der Waals surface area contributed by atoms with Gasteiger partial charge in [0.2, 0.25) is 5.91 Å². The molecule has 8 heteroatoms. The van der Waals surface area contributed by atoms with Crippen molar-refractivity contribution >= 4 is 40.3 Å².